The minimum absolute atomic E-state index is 0.286. The third kappa shape index (κ3) is 3.42. The molecule has 0 saturated carbocycles. The summed E-state index contributed by atoms with van der Waals surface area (Å²) in [7, 11) is 0. The third-order valence-electron chi connectivity index (χ3n) is 3.30. The maximum atomic E-state index is 12.9. The molecular weight excluding hydrogens is 239 g/mol. The van der Waals surface area contributed by atoms with E-state index in [9.17, 15) is 9.50 Å². The van der Waals surface area contributed by atoms with Gasteiger partial charge in [-0.1, -0.05) is 41.5 Å². The van der Waals surface area contributed by atoms with Crippen molar-refractivity contribution < 1.29 is 9.50 Å². The van der Waals surface area contributed by atoms with E-state index < -0.39 is 5.60 Å². The van der Waals surface area contributed by atoms with Gasteiger partial charge in [0.2, 0.25) is 0 Å². The average molecular weight is 258 g/mol. The molecule has 1 nitrogen and oxygen atoms in total. The Balaban J connectivity index is 2.27. The van der Waals surface area contributed by atoms with Crippen molar-refractivity contribution in [3.63, 3.8) is 0 Å². The number of benzene rings is 2. The number of hydrogen-bond donors (Lipinski definition) is 1. The molecule has 0 spiro atoms. The molecule has 0 radical (unpaired) electrons. The summed E-state index contributed by atoms with van der Waals surface area (Å²) in [6.45, 7) is 5.85. The average Bonchev–Trinajstić information content (AvgIpc) is 2.27. The van der Waals surface area contributed by atoms with E-state index in [1.807, 2.05) is 13.8 Å². The molecule has 0 fully saturated rings. The smallest absolute Gasteiger partial charge is 0.123 e. The second-order valence-electron chi connectivity index (χ2n) is 5.45. The summed E-state index contributed by atoms with van der Waals surface area (Å²) in [4.78, 5) is 0. The van der Waals surface area contributed by atoms with E-state index in [0.717, 1.165) is 11.1 Å². The third-order valence-corrected chi connectivity index (χ3v) is 3.30. The number of aryl methyl sites for hydroxylation is 2. The molecule has 0 aliphatic carbocycles. The van der Waals surface area contributed by atoms with Gasteiger partial charge in [0, 0.05) is 6.42 Å². The first-order chi connectivity index (χ1) is 8.87. The summed E-state index contributed by atoms with van der Waals surface area (Å²) in [5.41, 5.74) is 3.20. The van der Waals surface area contributed by atoms with Crippen LogP contribution in [0.4, 0.5) is 4.39 Å². The quantitative estimate of drug-likeness (QED) is 0.885. The van der Waals surface area contributed by atoms with Crippen LogP contribution in [0.25, 0.3) is 0 Å². The number of rotatable bonds is 3. The predicted octanol–water partition coefficient (Wildman–Crippen LogP) is 3.89. The van der Waals surface area contributed by atoms with E-state index in [4.69, 9.17) is 0 Å². The van der Waals surface area contributed by atoms with Gasteiger partial charge in [0.25, 0.3) is 0 Å². The summed E-state index contributed by atoms with van der Waals surface area (Å²) in [5.74, 6) is -0.286. The van der Waals surface area contributed by atoms with Gasteiger partial charge in [-0.3, -0.25) is 0 Å². The van der Waals surface area contributed by atoms with Crippen LogP contribution < -0.4 is 0 Å². The first kappa shape index (κ1) is 13.8. The topological polar surface area (TPSA) is 20.2 Å². The van der Waals surface area contributed by atoms with Gasteiger partial charge in [-0.25, -0.2) is 4.39 Å². The van der Waals surface area contributed by atoms with Crippen LogP contribution in [0.15, 0.2) is 42.5 Å². The summed E-state index contributed by atoms with van der Waals surface area (Å²) in [5, 5.41) is 10.6. The van der Waals surface area contributed by atoms with Gasteiger partial charge in [0.05, 0.1) is 5.60 Å². The molecule has 0 aliphatic heterocycles. The predicted molar refractivity (Wildman–Crippen MR) is 75.6 cm³/mol. The fourth-order valence-electron chi connectivity index (χ4n) is 2.48. The molecule has 0 aromatic heterocycles. The maximum absolute atomic E-state index is 12.9. The Kier molecular flexibility index (Phi) is 3.72. The van der Waals surface area contributed by atoms with Crippen LogP contribution in [0, 0.1) is 19.7 Å². The molecule has 0 aliphatic rings. The molecule has 0 amide bonds. The van der Waals surface area contributed by atoms with Gasteiger partial charge in [0.1, 0.15) is 5.82 Å². The van der Waals surface area contributed by atoms with Crippen LogP contribution in [-0.2, 0) is 12.0 Å². The lowest BCUT2D eigenvalue weighted by Crippen LogP contribution is -2.24. The Morgan fingerprint density at radius 1 is 1.00 bits per heavy atom. The molecule has 0 bridgehead atoms. The van der Waals surface area contributed by atoms with Crippen molar-refractivity contribution in [2.45, 2.75) is 32.8 Å². The molecule has 1 N–H and O–H groups in total. The van der Waals surface area contributed by atoms with Crippen molar-refractivity contribution >= 4 is 0 Å². The van der Waals surface area contributed by atoms with Gasteiger partial charge in [0.15, 0.2) is 0 Å². The molecule has 100 valence electrons. The lowest BCUT2D eigenvalue weighted by molar-refractivity contribution is 0.0575. The van der Waals surface area contributed by atoms with E-state index in [2.05, 4.69) is 18.2 Å². The SMILES string of the molecule is Cc1cc(C)cc(CC(C)(O)c2ccc(F)cc2)c1. The summed E-state index contributed by atoms with van der Waals surface area (Å²) in [6.07, 6.45) is 0.515. The molecule has 1 unspecified atom stereocenters. The van der Waals surface area contributed by atoms with Gasteiger partial charge < -0.3 is 5.11 Å². The Hall–Kier alpha value is -1.67. The fourth-order valence-corrected chi connectivity index (χ4v) is 2.48. The molecule has 19 heavy (non-hydrogen) atoms. The number of aliphatic hydroxyl groups is 1. The first-order valence-electron chi connectivity index (χ1n) is 6.42. The minimum atomic E-state index is -0.992. The van der Waals surface area contributed by atoms with Crippen LogP contribution in [0.2, 0.25) is 0 Å². The summed E-state index contributed by atoms with van der Waals surface area (Å²) in [6, 6.07) is 12.3. The second-order valence-corrected chi connectivity index (χ2v) is 5.45. The van der Waals surface area contributed by atoms with Gasteiger partial charge >= 0.3 is 0 Å². The Labute approximate surface area is 113 Å². The van der Waals surface area contributed by atoms with E-state index in [1.165, 1.54) is 23.3 Å². The molecule has 1 atom stereocenters. The highest BCUT2D eigenvalue weighted by Crippen LogP contribution is 2.26. The lowest BCUT2D eigenvalue weighted by atomic mass is 9.88. The highest BCUT2D eigenvalue weighted by Gasteiger charge is 2.23. The number of hydrogen-bond acceptors (Lipinski definition) is 1. The zero-order chi connectivity index (χ0) is 14.0. The van der Waals surface area contributed by atoms with Crippen LogP contribution in [0.1, 0.15) is 29.2 Å². The monoisotopic (exact) mass is 258 g/mol. The summed E-state index contributed by atoms with van der Waals surface area (Å²) >= 11 is 0. The largest absolute Gasteiger partial charge is 0.385 e. The second kappa shape index (κ2) is 5.14. The zero-order valence-electron chi connectivity index (χ0n) is 11.6. The summed E-state index contributed by atoms with van der Waals surface area (Å²) < 4.78 is 12.9. The van der Waals surface area contributed by atoms with E-state index >= 15 is 0 Å². The molecule has 2 rings (SSSR count). The number of halogens is 1. The Bertz CT molecular complexity index is 550. The van der Waals surface area contributed by atoms with Gasteiger partial charge in [-0.05, 0) is 44.0 Å². The normalized spacial score (nSPS) is 14.2. The van der Waals surface area contributed by atoms with Crippen molar-refractivity contribution in [1.29, 1.82) is 0 Å². The van der Waals surface area contributed by atoms with E-state index in [0.29, 0.717) is 6.42 Å². The van der Waals surface area contributed by atoms with Gasteiger partial charge in [-0.15, -0.1) is 0 Å². The molecule has 2 heteroatoms. The molecule has 0 saturated heterocycles. The van der Waals surface area contributed by atoms with Crippen molar-refractivity contribution in [1.82, 2.24) is 0 Å². The minimum Gasteiger partial charge on any atom is -0.385 e. The Morgan fingerprint density at radius 2 is 1.53 bits per heavy atom. The van der Waals surface area contributed by atoms with Gasteiger partial charge in [-0.2, -0.15) is 0 Å². The molecular formula is C17H19FO. The standard InChI is InChI=1S/C17H19FO/c1-12-8-13(2)10-14(9-12)11-17(3,19)15-4-6-16(18)7-5-15/h4-10,19H,11H2,1-3H3. The zero-order valence-corrected chi connectivity index (χ0v) is 11.6. The van der Waals surface area contributed by atoms with Crippen molar-refractivity contribution in [3.05, 3.63) is 70.5 Å². The van der Waals surface area contributed by atoms with E-state index in [1.54, 1.807) is 19.1 Å². The fraction of sp³-hybridized carbons (Fsp3) is 0.294. The van der Waals surface area contributed by atoms with Crippen molar-refractivity contribution in [3.8, 4) is 0 Å². The van der Waals surface area contributed by atoms with Crippen LogP contribution >= 0.6 is 0 Å². The maximum Gasteiger partial charge on any atom is 0.123 e. The molecule has 2 aromatic carbocycles. The van der Waals surface area contributed by atoms with Crippen molar-refractivity contribution in [2.24, 2.45) is 0 Å². The highest BCUT2D eigenvalue weighted by atomic mass is 19.1. The highest BCUT2D eigenvalue weighted by molar-refractivity contribution is 5.32. The van der Waals surface area contributed by atoms with E-state index in [-0.39, 0.29) is 5.82 Å². The van der Waals surface area contributed by atoms with Crippen molar-refractivity contribution in [2.75, 3.05) is 0 Å². The van der Waals surface area contributed by atoms with Crippen LogP contribution in [-0.4, -0.2) is 5.11 Å². The van der Waals surface area contributed by atoms with Crippen LogP contribution in [0.5, 0.6) is 0 Å². The molecule has 2 aromatic rings. The first-order valence-corrected chi connectivity index (χ1v) is 6.42. The van der Waals surface area contributed by atoms with Crippen LogP contribution in [0.3, 0.4) is 0 Å². The molecule has 0 heterocycles. The lowest BCUT2D eigenvalue weighted by Gasteiger charge is -2.24. The Morgan fingerprint density at radius 3 is 2.05 bits per heavy atom.